The predicted molar refractivity (Wildman–Crippen MR) is 128 cm³/mol. The molecule has 0 saturated carbocycles. The topological polar surface area (TPSA) is 185 Å². The maximum atomic E-state index is 13.2. The van der Waals surface area contributed by atoms with Crippen molar-refractivity contribution < 1.29 is 29.1 Å². The number of primary amides is 1. The Labute approximate surface area is 204 Å². The van der Waals surface area contributed by atoms with Crippen molar-refractivity contribution in [3.05, 3.63) is 35.9 Å². The van der Waals surface area contributed by atoms with Gasteiger partial charge in [0.25, 0.3) is 0 Å². The van der Waals surface area contributed by atoms with Crippen molar-refractivity contribution in [2.45, 2.75) is 70.1 Å². The third-order valence-electron chi connectivity index (χ3n) is 6.05. The Hall–Kier alpha value is -3.47. The van der Waals surface area contributed by atoms with Crippen LogP contribution in [0.4, 0.5) is 0 Å². The number of benzene rings is 1. The molecule has 0 spiro atoms. The van der Waals surface area contributed by atoms with E-state index in [1.165, 1.54) is 4.90 Å². The van der Waals surface area contributed by atoms with Crippen molar-refractivity contribution in [3.8, 4) is 0 Å². The van der Waals surface area contributed by atoms with Gasteiger partial charge in [0.05, 0.1) is 6.04 Å². The molecule has 4 unspecified atom stereocenters. The second-order valence-electron chi connectivity index (χ2n) is 9.11. The van der Waals surface area contributed by atoms with Crippen LogP contribution in [0.15, 0.2) is 30.3 Å². The Bertz CT molecular complexity index is 922. The van der Waals surface area contributed by atoms with Gasteiger partial charge in [0, 0.05) is 19.4 Å². The van der Waals surface area contributed by atoms with E-state index < -0.39 is 47.9 Å². The normalized spacial score (nSPS) is 17.9. The molecule has 4 amide bonds. The molecule has 192 valence electrons. The van der Waals surface area contributed by atoms with E-state index in [1.807, 2.05) is 13.8 Å². The van der Waals surface area contributed by atoms with Crippen LogP contribution in [0.25, 0.3) is 0 Å². The number of nitrogens with one attached hydrogen (secondary N) is 2. The number of aliphatic carboxylic acids is 1. The van der Waals surface area contributed by atoms with Gasteiger partial charge in [-0.2, -0.15) is 0 Å². The zero-order valence-electron chi connectivity index (χ0n) is 20.1. The quantitative estimate of drug-likeness (QED) is 0.262. The van der Waals surface area contributed by atoms with Crippen LogP contribution in [-0.4, -0.2) is 70.3 Å². The van der Waals surface area contributed by atoms with Crippen LogP contribution in [0.3, 0.4) is 0 Å². The molecule has 1 saturated heterocycles. The number of carbonyl (C=O) groups excluding carboxylic acids is 4. The number of carbonyl (C=O) groups is 5. The predicted octanol–water partition coefficient (Wildman–Crippen LogP) is -0.477. The SMILES string of the molecule is CC(C)C(N)C(=O)N1CCCC1C(=O)NC(Cc1ccccc1)C(=O)NC(CCC(N)=O)C(=O)O. The number of hydrogen-bond acceptors (Lipinski definition) is 6. The second kappa shape index (κ2) is 12.8. The van der Waals surface area contributed by atoms with Gasteiger partial charge in [-0.15, -0.1) is 0 Å². The minimum Gasteiger partial charge on any atom is -0.480 e. The smallest absolute Gasteiger partial charge is 0.326 e. The summed E-state index contributed by atoms with van der Waals surface area (Å²) in [6.45, 7) is 4.04. The van der Waals surface area contributed by atoms with Crippen LogP contribution in [0.1, 0.15) is 45.1 Å². The average molecular weight is 490 g/mol. The lowest BCUT2D eigenvalue weighted by molar-refractivity contribution is -0.143. The van der Waals surface area contributed by atoms with E-state index in [2.05, 4.69) is 10.6 Å². The molecule has 0 radical (unpaired) electrons. The van der Waals surface area contributed by atoms with E-state index in [1.54, 1.807) is 30.3 Å². The highest BCUT2D eigenvalue weighted by atomic mass is 16.4. The van der Waals surface area contributed by atoms with Crippen molar-refractivity contribution in [3.63, 3.8) is 0 Å². The van der Waals surface area contributed by atoms with E-state index in [0.717, 1.165) is 5.56 Å². The van der Waals surface area contributed by atoms with E-state index in [4.69, 9.17) is 11.5 Å². The summed E-state index contributed by atoms with van der Waals surface area (Å²) in [6.07, 6.45) is 0.756. The zero-order valence-corrected chi connectivity index (χ0v) is 20.1. The van der Waals surface area contributed by atoms with Crippen molar-refractivity contribution >= 4 is 29.6 Å². The Kier molecular flexibility index (Phi) is 10.2. The molecule has 0 aromatic heterocycles. The fourth-order valence-electron chi connectivity index (χ4n) is 3.92. The summed E-state index contributed by atoms with van der Waals surface area (Å²) in [6, 6.07) is 4.96. The fourth-order valence-corrected chi connectivity index (χ4v) is 3.92. The number of rotatable bonds is 12. The summed E-state index contributed by atoms with van der Waals surface area (Å²) in [4.78, 5) is 63.2. The molecular formula is C24H35N5O6. The van der Waals surface area contributed by atoms with Crippen LogP contribution < -0.4 is 22.1 Å². The van der Waals surface area contributed by atoms with Gasteiger partial charge in [-0.1, -0.05) is 44.2 Å². The molecule has 1 aromatic carbocycles. The molecule has 1 aliphatic rings. The van der Waals surface area contributed by atoms with Crippen molar-refractivity contribution in [1.29, 1.82) is 0 Å². The Balaban J connectivity index is 2.19. The Morgan fingerprint density at radius 3 is 2.31 bits per heavy atom. The number of carboxylic acid groups (broad SMARTS) is 1. The molecule has 35 heavy (non-hydrogen) atoms. The summed E-state index contributed by atoms with van der Waals surface area (Å²) in [5, 5.41) is 14.5. The van der Waals surface area contributed by atoms with Crippen LogP contribution in [-0.2, 0) is 30.4 Å². The van der Waals surface area contributed by atoms with E-state index in [0.29, 0.717) is 19.4 Å². The second-order valence-corrected chi connectivity index (χ2v) is 9.11. The first-order valence-electron chi connectivity index (χ1n) is 11.7. The molecule has 7 N–H and O–H groups in total. The van der Waals surface area contributed by atoms with Gasteiger partial charge in [0.2, 0.25) is 23.6 Å². The molecule has 11 heteroatoms. The number of nitrogens with two attached hydrogens (primary N) is 2. The molecule has 0 bridgehead atoms. The molecule has 4 atom stereocenters. The molecule has 1 heterocycles. The number of nitrogens with zero attached hydrogens (tertiary/aromatic N) is 1. The monoisotopic (exact) mass is 489 g/mol. The number of amides is 4. The molecule has 2 rings (SSSR count). The highest BCUT2D eigenvalue weighted by Crippen LogP contribution is 2.20. The number of hydrogen-bond donors (Lipinski definition) is 5. The highest BCUT2D eigenvalue weighted by Gasteiger charge is 2.38. The first-order chi connectivity index (χ1) is 16.5. The van der Waals surface area contributed by atoms with Crippen LogP contribution in [0.5, 0.6) is 0 Å². The molecule has 1 aliphatic heterocycles. The van der Waals surface area contributed by atoms with Gasteiger partial charge in [0.15, 0.2) is 0 Å². The number of likely N-dealkylation sites (tertiary alicyclic amines) is 1. The van der Waals surface area contributed by atoms with Gasteiger partial charge in [-0.25, -0.2) is 4.79 Å². The number of carboxylic acids is 1. The molecular weight excluding hydrogens is 454 g/mol. The van der Waals surface area contributed by atoms with Gasteiger partial charge < -0.3 is 32.1 Å². The fraction of sp³-hybridized carbons (Fsp3) is 0.542. The lowest BCUT2D eigenvalue weighted by Gasteiger charge is -2.29. The minimum atomic E-state index is -1.35. The van der Waals surface area contributed by atoms with Crippen LogP contribution in [0, 0.1) is 5.92 Å². The highest BCUT2D eigenvalue weighted by molar-refractivity contribution is 5.94. The Morgan fingerprint density at radius 2 is 1.74 bits per heavy atom. The van der Waals surface area contributed by atoms with Crippen molar-refractivity contribution in [1.82, 2.24) is 15.5 Å². The molecule has 1 fully saturated rings. The van der Waals surface area contributed by atoms with E-state index in [9.17, 15) is 29.1 Å². The van der Waals surface area contributed by atoms with Gasteiger partial charge >= 0.3 is 5.97 Å². The first kappa shape index (κ1) is 27.8. The van der Waals surface area contributed by atoms with Crippen LogP contribution >= 0.6 is 0 Å². The summed E-state index contributed by atoms with van der Waals surface area (Å²) in [5.74, 6) is -3.65. The third-order valence-corrected chi connectivity index (χ3v) is 6.05. The first-order valence-corrected chi connectivity index (χ1v) is 11.7. The maximum Gasteiger partial charge on any atom is 0.326 e. The summed E-state index contributed by atoms with van der Waals surface area (Å²) in [5.41, 5.74) is 11.9. The zero-order chi connectivity index (χ0) is 26.1. The minimum absolute atomic E-state index is 0.100. The largest absolute Gasteiger partial charge is 0.480 e. The summed E-state index contributed by atoms with van der Waals surface area (Å²) >= 11 is 0. The Morgan fingerprint density at radius 1 is 1.09 bits per heavy atom. The summed E-state index contributed by atoms with van der Waals surface area (Å²) < 4.78 is 0. The standard InChI is InChI=1S/C24H35N5O6/c1-14(2)20(26)23(33)29-12-6-9-18(29)22(32)28-17(13-15-7-4-3-5-8-15)21(31)27-16(24(34)35)10-11-19(25)30/h3-5,7-8,14,16-18,20H,6,9-13,26H2,1-2H3,(H2,25,30)(H,27,31)(H,28,32)(H,34,35). The summed E-state index contributed by atoms with van der Waals surface area (Å²) in [7, 11) is 0. The average Bonchev–Trinajstić information content (AvgIpc) is 3.30. The van der Waals surface area contributed by atoms with Crippen molar-refractivity contribution in [2.24, 2.45) is 17.4 Å². The maximum absolute atomic E-state index is 13.2. The van der Waals surface area contributed by atoms with Gasteiger partial charge in [-0.3, -0.25) is 19.2 Å². The third kappa shape index (κ3) is 8.06. The molecule has 11 nitrogen and oxygen atoms in total. The van der Waals surface area contributed by atoms with E-state index >= 15 is 0 Å². The lowest BCUT2D eigenvalue weighted by Crippen LogP contribution is -2.57. The lowest BCUT2D eigenvalue weighted by atomic mass is 10.0. The molecule has 0 aliphatic carbocycles. The van der Waals surface area contributed by atoms with Crippen LogP contribution in [0.2, 0.25) is 0 Å². The molecule has 1 aromatic rings. The van der Waals surface area contributed by atoms with Crippen molar-refractivity contribution in [2.75, 3.05) is 6.54 Å². The van der Waals surface area contributed by atoms with Gasteiger partial charge in [0.1, 0.15) is 18.1 Å². The van der Waals surface area contributed by atoms with Gasteiger partial charge in [-0.05, 0) is 30.7 Å². The van der Waals surface area contributed by atoms with E-state index in [-0.39, 0.29) is 31.1 Å².